The van der Waals surface area contributed by atoms with E-state index in [1.54, 1.807) is 6.92 Å². The molecule has 0 radical (unpaired) electrons. The van der Waals surface area contributed by atoms with Gasteiger partial charge in [0, 0.05) is 5.56 Å². The molecular formula is C15H12N4. The standard InChI is InChI=1S/C15H12N4/c1-11-16-18-15(19-17-11)14-10-6-5-9-13(14)12-7-3-2-4-8-12/h2-10H,1H3. The lowest BCUT2D eigenvalue weighted by atomic mass is 9.99. The monoisotopic (exact) mass is 248 g/mol. The Morgan fingerprint density at radius 3 is 1.89 bits per heavy atom. The fraction of sp³-hybridized carbons (Fsp3) is 0.0667. The number of hydrogen-bond acceptors (Lipinski definition) is 4. The van der Waals surface area contributed by atoms with E-state index in [2.05, 4.69) is 32.5 Å². The van der Waals surface area contributed by atoms with Crippen LogP contribution in [0.4, 0.5) is 0 Å². The summed E-state index contributed by atoms with van der Waals surface area (Å²) in [6, 6.07) is 18.1. The molecule has 0 atom stereocenters. The van der Waals surface area contributed by atoms with Crippen molar-refractivity contribution < 1.29 is 0 Å². The Hall–Kier alpha value is -2.62. The van der Waals surface area contributed by atoms with Crippen molar-refractivity contribution in [1.29, 1.82) is 0 Å². The average molecular weight is 248 g/mol. The van der Waals surface area contributed by atoms with Gasteiger partial charge in [0.2, 0.25) is 5.82 Å². The molecule has 0 fully saturated rings. The molecule has 0 bridgehead atoms. The largest absolute Gasteiger partial charge is 0.204 e. The molecule has 19 heavy (non-hydrogen) atoms. The molecule has 3 rings (SSSR count). The lowest BCUT2D eigenvalue weighted by Crippen LogP contribution is -1.99. The van der Waals surface area contributed by atoms with E-state index in [0.29, 0.717) is 11.6 Å². The highest BCUT2D eigenvalue weighted by atomic mass is 15.3. The molecule has 92 valence electrons. The number of rotatable bonds is 2. The Bertz CT molecular complexity index is 678. The van der Waals surface area contributed by atoms with Crippen LogP contribution >= 0.6 is 0 Å². The van der Waals surface area contributed by atoms with Crippen molar-refractivity contribution in [2.45, 2.75) is 6.92 Å². The predicted molar refractivity (Wildman–Crippen MR) is 73.2 cm³/mol. The molecule has 2 aromatic carbocycles. The topological polar surface area (TPSA) is 51.6 Å². The molecule has 0 saturated heterocycles. The summed E-state index contributed by atoms with van der Waals surface area (Å²) in [5.41, 5.74) is 3.14. The van der Waals surface area contributed by atoms with Crippen LogP contribution in [0.15, 0.2) is 54.6 Å². The van der Waals surface area contributed by atoms with Crippen molar-refractivity contribution in [2.75, 3.05) is 0 Å². The van der Waals surface area contributed by atoms with Crippen LogP contribution in [-0.4, -0.2) is 20.4 Å². The maximum Gasteiger partial charge on any atom is 0.204 e. The van der Waals surface area contributed by atoms with Gasteiger partial charge in [0.25, 0.3) is 0 Å². The van der Waals surface area contributed by atoms with Gasteiger partial charge in [-0.3, -0.25) is 0 Å². The number of hydrogen-bond donors (Lipinski definition) is 0. The van der Waals surface area contributed by atoms with E-state index in [1.807, 2.05) is 42.5 Å². The molecule has 0 unspecified atom stereocenters. The SMILES string of the molecule is Cc1nnc(-c2ccccc2-c2ccccc2)nn1. The summed E-state index contributed by atoms with van der Waals surface area (Å²) in [5, 5.41) is 16.2. The van der Waals surface area contributed by atoms with Crippen molar-refractivity contribution in [3.63, 3.8) is 0 Å². The first-order chi connectivity index (χ1) is 9.34. The van der Waals surface area contributed by atoms with Gasteiger partial charge >= 0.3 is 0 Å². The minimum atomic E-state index is 0.546. The van der Waals surface area contributed by atoms with Gasteiger partial charge in [-0.2, -0.15) is 0 Å². The first-order valence-corrected chi connectivity index (χ1v) is 6.03. The quantitative estimate of drug-likeness (QED) is 0.699. The van der Waals surface area contributed by atoms with Gasteiger partial charge in [-0.15, -0.1) is 20.4 Å². The van der Waals surface area contributed by atoms with Gasteiger partial charge in [0.15, 0.2) is 5.82 Å². The zero-order valence-electron chi connectivity index (χ0n) is 10.5. The molecule has 0 aliphatic carbocycles. The third kappa shape index (κ3) is 2.33. The van der Waals surface area contributed by atoms with Gasteiger partial charge in [0.1, 0.15) is 0 Å². The van der Waals surface area contributed by atoms with Crippen LogP contribution in [-0.2, 0) is 0 Å². The van der Waals surface area contributed by atoms with Gasteiger partial charge in [-0.1, -0.05) is 54.6 Å². The Balaban J connectivity index is 2.15. The molecule has 0 aliphatic heterocycles. The van der Waals surface area contributed by atoms with E-state index in [-0.39, 0.29) is 0 Å². The summed E-state index contributed by atoms with van der Waals surface area (Å²) in [7, 11) is 0. The Morgan fingerprint density at radius 1 is 0.632 bits per heavy atom. The molecule has 0 amide bonds. The first kappa shape index (κ1) is 11.5. The highest BCUT2D eigenvalue weighted by Crippen LogP contribution is 2.28. The zero-order chi connectivity index (χ0) is 13.1. The van der Waals surface area contributed by atoms with Crippen molar-refractivity contribution in [3.05, 3.63) is 60.4 Å². The fourth-order valence-corrected chi connectivity index (χ4v) is 1.93. The Labute approximate surface area is 111 Å². The maximum atomic E-state index is 4.11. The van der Waals surface area contributed by atoms with Crippen molar-refractivity contribution >= 4 is 0 Å². The molecule has 4 heteroatoms. The van der Waals surface area contributed by atoms with E-state index in [9.17, 15) is 0 Å². The number of benzene rings is 2. The Morgan fingerprint density at radius 2 is 1.21 bits per heavy atom. The molecule has 4 nitrogen and oxygen atoms in total. The molecule has 0 saturated carbocycles. The number of nitrogens with zero attached hydrogens (tertiary/aromatic N) is 4. The zero-order valence-corrected chi connectivity index (χ0v) is 10.5. The number of aryl methyl sites for hydroxylation is 1. The first-order valence-electron chi connectivity index (χ1n) is 6.03. The lowest BCUT2D eigenvalue weighted by molar-refractivity contribution is 0.816. The molecule has 0 spiro atoms. The van der Waals surface area contributed by atoms with Gasteiger partial charge < -0.3 is 0 Å². The van der Waals surface area contributed by atoms with Crippen LogP contribution in [0.1, 0.15) is 5.82 Å². The van der Waals surface area contributed by atoms with Crippen molar-refractivity contribution in [2.24, 2.45) is 0 Å². The molecule has 3 aromatic rings. The molecule has 0 N–H and O–H groups in total. The molecular weight excluding hydrogens is 236 g/mol. The van der Waals surface area contributed by atoms with E-state index < -0.39 is 0 Å². The van der Waals surface area contributed by atoms with Gasteiger partial charge in [-0.05, 0) is 18.1 Å². The second-order valence-electron chi connectivity index (χ2n) is 4.18. The van der Waals surface area contributed by atoms with Crippen LogP contribution in [0.2, 0.25) is 0 Å². The predicted octanol–water partition coefficient (Wildman–Crippen LogP) is 2.91. The van der Waals surface area contributed by atoms with E-state index in [1.165, 1.54) is 0 Å². The smallest absolute Gasteiger partial charge is 0.131 e. The van der Waals surface area contributed by atoms with E-state index in [4.69, 9.17) is 0 Å². The second-order valence-corrected chi connectivity index (χ2v) is 4.18. The van der Waals surface area contributed by atoms with Crippen LogP contribution in [0.5, 0.6) is 0 Å². The minimum Gasteiger partial charge on any atom is -0.131 e. The van der Waals surface area contributed by atoms with Gasteiger partial charge in [0.05, 0.1) is 0 Å². The summed E-state index contributed by atoms with van der Waals surface area (Å²) in [6.07, 6.45) is 0. The highest BCUT2D eigenvalue weighted by Gasteiger charge is 2.09. The minimum absolute atomic E-state index is 0.546. The molecule has 1 aromatic heterocycles. The third-order valence-corrected chi connectivity index (χ3v) is 2.83. The summed E-state index contributed by atoms with van der Waals surface area (Å²) < 4.78 is 0. The second kappa shape index (κ2) is 4.94. The molecule has 1 heterocycles. The summed E-state index contributed by atoms with van der Waals surface area (Å²) in [6.45, 7) is 1.77. The van der Waals surface area contributed by atoms with Crippen LogP contribution in [0, 0.1) is 6.92 Å². The summed E-state index contributed by atoms with van der Waals surface area (Å²) >= 11 is 0. The summed E-state index contributed by atoms with van der Waals surface area (Å²) in [5.74, 6) is 1.12. The lowest BCUT2D eigenvalue weighted by Gasteiger charge is -2.07. The van der Waals surface area contributed by atoms with Crippen molar-refractivity contribution in [3.8, 4) is 22.5 Å². The Kier molecular flexibility index (Phi) is 2.98. The van der Waals surface area contributed by atoms with Crippen LogP contribution in [0.3, 0.4) is 0 Å². The maximum absolute atomic E-state index is 4.11. The van der Waals surface area contributed by atoms with Gasteiger partial charge in [-0.25, -0.2) is 0 Å². The van der Waals surface area contributed by atoms with Crippen LogP contribution < -0.4 is 0 Å². The average Bonchev–Trinajstić information content (AvgIpc) is 2.49. The summed E-state index contributed by atoms with van der Waals surface area (Å²) in [4.78, 5) is 0. The van der Waals surface area contributed by atoms with Crippen molar-refractivity contribution in [1.82, 2.24) is 20.4 Å². The fourth-order valence-electron chi connectivity index (χ4n) is 1.93. The third-order valence-electron chi connectivity index (χ3n) is 2.83. The molecule has 0 aliphatic rings. The number of aromatic nitrogens is 4. The normalized spacial score (nSPS) is 10.4. The highest BCUT2D eigenvalue weighted by molar-refractivity contribution is 5.80. The van der Waals surface area contributed by atoms with Crippen LogP contribution in [0.25, 0.3) is 22.5 Å². The van der Waals surface area contributed by atoms with E-state index >= 15 is 0 Å². The van der Waals surface area contributed by atoms with E-state index in [0.717, 1.165) is 16.7 Å².